The molecule has 0 aliphatic carbocycles. The standard InChI is InChI=1S/C19H25N3O4S2/c1-21(2)27(23,24)15-18-9-7-16(8-10-18)5-6-17-11-13-19(14-12-17)20-28(25,26)22(3)4/h5-14,20H,15H2,1-4H3/b6-5+. The van der Waals surface area contributed by atoms with Gasteiger partial charge in [-0.25, -0.2) is 12.7 Å². The van der Waals surface area contributed by atoms with Gasteiger partial charge in [0, 0.05) is 33.9 Å². The highest BCUT2D eigenvalue weighted by atomic mass is 32.2. The topological polar surface area (TPSA) is 86.8 Å². The Morgan fingerprint density at radius 2 is 1.21 bits per heavy atom. The number of hydrogen-bond donors (Lipinski definition) is 1. The summed E-state index contributed by atoms with van der Waals surface area (Å²) in [4.78, 5) is 0. The van der Waals surface area contributed by atoms with Gasteiger partial charge in [-0.2, -0.15) is 12.7 Å². The van der Waals surface area contributed by atoms with E-state index in [0.717, 1.165) is 21.0 Å². The molecule has 0 bridgehead atoms. The molecule has 0 unspecified atom stereocenters. The summed E-state index contributed by atoms with van der Waals surface area (Å²) >= 11 is 0. The summed E-state index contributed by atoms with van der Waals surface area (Å²) in [5.74, 6) is -0.0334. The molecule has 28 heavy (non-hydrogen) atoms. The lowest BCUT2D eigenvalue weighted by molar-refractivity contribution is 0.519. The molecule has 0 spiro atoms. The van der Waals surface area contributed by atoms with E-state index in [4.69, 9.17) is 0 Å². The van der Waals surface area contributed by atoms with Crippen molar-refractivity contribution in [2.45, 2.75) is 5.75 Å². The van der Waals surface area contributed by atoms with Crippen molar-refractivity contribution in [1.82, 2.24) is 8.61 Å². The van der Waals surface area contributed by atoms with E-state index in [-0.39, 0.29) is 5.75 Å². The van der Waals surface area contributed by atoms with E-state index in [9.17, 15) is 16.8 Å². The third kappa shape index (κ3) is 6.16. The molecule has 1 N–H and O–H groups in total. The Kier molecular flexibility index (Phi) is 7.00. The number of sulfonamides is 1. The average Bonchev–Trinajstić information content (AvgIpc) is 2.61. The van der Waals surface area contributed by atoms with Crippen molar-refractivity contribution in [3.05, 3.63) is 65.2 Å². The summed E-state index contributed by atoms with van der Waals surface area (Å²) in [6.07, 6.45) is 3.80. The number of nitrogens with zero attached hydrogens (tertiary/aromatic N) is 2. The van der Waals surface area contributed by atoms with Crippen LogP contribution in [0.2, 0.25) is 0 Å². The SMILES string of the molecule is CN(C)S(=O)(=O)Cc1ccc(/C=C/c2ccc(NS(=O)(=O)N(C)C)cc2)cc1. The van der Waals surface area contributed by atoms with Crippen LogP contribution in [0.25, 0.3) is 12.2 Å². The molecule has 0 saturated carbocycles. The van der Waals surface area contributed by atoms with Crippen LogP contribution in [0.1, 0.15) is 16.7 Å². The third-order valence-corrected chi connectivity index (χ3v) is 7.26. The van der Waals surface area contributed by atoms with Crippen LogP contribution in [-0.4, -0.2) is 53.6 Å². The van der Waals surface area contributed by atoms with E-state index < -0.39 is 20.2 Å². The Morgan fingerprint density at radius 1 is 0.750 bits per heavy atom. The first-order valence-corrected chi connectivity index (χ1v) is 11.5. The lowest BCUT2D eigenvalue weighted by Gasteiger charge is -2.13. The lowest BCUT2D eigenvalue weighted by Crippen LogP contribution is -2.28. The van der Waals surface area contributed by atoms with Gasteiger partial charge < -0.3 is 0 Å². The Bertz CT molecular complexity index is 940. The van der Waals surface area contributed by atoms with E-state index in [2.05, 4.69) is 4.72 Å². The molecule has 0 aliphatic rings. The third-order valence-electron chi connectivity index (χ3n) is 3.99. The summed E-state index contributed by atoms with van der Waals surface area (Å²) in [5, 5.41) is 0. The smallest absolute Gasteiger partial charge is 0.271 e. The van der Waals surface area contributed by atoms with Gasteiger partial charge in [0.1, 0.15) is 0 Å². The molecule has 2 aromatic carbocycles. The molecule has 0 fully saturated rings. The fourth-order valence-electron chi connectivity index (χ4n) is 2.16. The second-order valence-electron chi connectivity index (χ2n) is 6.63. The molecule has 0 heterocycles. The summed E-state index contributed by atoms with van der Waals surface area (Å²) in [7, 11) is -0.849. The maximum atomic E-state index is 11.9. The zero-order valence-electron chi connectivity index (χ0n) is 16.3. The number of benzene rings is 2. The van der Waals surface area contributed by atoms with Crippen molar-refractivity contribution in [2.24, 2.45) is 0 Å². The van der Waals surface area contributed by atoms with Gasteiger partial charge in [-0.3, -0.25) is 4.72 Å². The number of hydrogen-bond acceptors (Lipinski definition) is 4. The molecular formula is C19H25N3O4S2. The van der Waals surface area contributed by atoms with Crippen molar-refractivity contribution >= 4 is 38.1 Å². The highest BCUT2D eigenvalue weighted by Gasteiger charge is 2.14. The van der Waals surface area contributed by atoms with Crippen molar-refractivity contribution in [2.75, 3.05) is 32.9 Å². The normalized spacial score (nSPS) is 12.8. The number of nitrogens with one attached hydrogen (secondary N) is 1. The van der Waals surface area contributed by atoms with Gasteiger partial charge >= 0.3 is 10.2 Å². The quantitative estimate of drug-likeness (QED) is 0.661. The predicted octanol–water partition coefficient (Wildman–Crippen LogP) is 2.47. The molecule has 2 rings (SSSR count). The highest BCUT2D eigenvalue weighted by Crippen LogP contribution is 2.16. The summed E-state index contributed by atoms with van der Waals surface area (Å²) in [6.45, 7) is 0. The Balaban J connectivity index is 2.04. The van der Waals surface area contributed by atoms with Gasteiger partial charge in [-0.15, -0.1) is 0 Å². The first kappa shape index (κ1) is 22.1. The molecule has 2 aromatic rings. The molecule has 7 nitrogen and oxygen atoms in total. The van der Waals surface area contributed by atoms with E-state index in [1.165, 1.54) is 32.5 Å². The van der Waals surface area contributed by atoms with Crippen molar-refractivity contribution in [3.63, 3.8) is 0 Å². The number of rotatable bonds is 8. The van der Waals surface area contributed by atoms with Crippen molar-refractivity contribution in [1.29, 1.82) is 0 Å². The Labute approximate surface area is 167 Å². The molecule has 0 saturated heterocycles. The average molecular weight is 424 g/mol. The van der Waals surface area contributed by atoms with E-state index >= 15 is 0 Å². The van der Waals surface area contributed by atoms with E-state index in [0.29, 0.717) is 5.69 Å². The Morgan fingerprint density at radius 3 is 1.64 bits per heavy atom. The molecule has 0 amide bonds. The zero-order valence-corrected chi connectivity index (χ0v) is 18.0. The van der Waals surface area contributed by atoms with Crippen LogP contribution in [0.3, 0.4) is 0 Å². The van der Waals surface area contributed by atoms with Gasteiger partial charge in [0.2, 0.25) is 10.0 Å². The predicted molar refractivity (Wildman–Crippen MR) is 114 cm³/mol. The van der Waals surface area contributed by atoms with Crippen LogP contribution in [0.5, 0.6) is 0 Å². The largest absolute Gasteiger partial charge is 0.301 e. The van der Waals surface area contributed by atoms with Crippen LogP contribution in [-0.2, 0) is 26.0 Å². The second kappa shape index (κ2) is 8.87. The van der Waals surface area contributed by atoms with Gasteiger partial charge in [0.05, 0.1) is 5.75 Å². The van der Waals surface area contributed by atoms with Crippen molar-refractivity contribution in [3.8, 4) is 0 Å². The van der Waals surface area contributed by atoms with Crippen LogP contribution >= 0.6 is 0 Å². The maximum absolute atomic E-state index is 11.9. The van der Waals surface area contributed by atoms with Crippen LogP contribution < -0.4 is 4.72 Å². The minimum Gasteiger partial charge on any atom is -0.271 e. The second-order valence-corrected chi connectivity index (χ2v) is 10.7. The fraction of sp³-hybridized carbons (Fsp3) is 0.263. The monoisotopic (exact) mass is 423 g/mol. The van der Waals surface area contributed by atoms with Gasteiger partial charge in [-0.05, 0) is 28.8 Å². The summed E-state index contributed by atoms with van der Waals surface area (Å²) in [5.41, 5.74) is 3.05. The fourth-order valence-corrected chi connectivity index (χ4v) is 3.65. The maximum Gasteiger partial charge on any atom is 0.301 e. The summed E-state index contributed by atoms with van der Waals surface area (Å²) < 4.78 is 52.2. The van der Waals surface area contributed by atoms with Gasteiger partial charge in [0.25, 0.3) is 0 Å². The van der Waals surface area contributed by atoms with E-state index in [1.54, 1.807) is 24.3 Å². The van der Waals surface area contributed by atoms with Crippen LogP contribution in [0.4, 0.5) is 5.69 Å². The first-order valence-electron chi connectivity index (χ1n) is 8.47. The molecule has 0 aliphatic heterocycles. The minimum atomic E-state index is -3.52. The van der Waals surface area contributed by atoms with E-state index in [1.807, 2.05) is 36.4 Å². The van der Waals surface area contributed by atoms with Gasteiger partial charge in [0.15, 0.2) is 0 Å². The lowest BCUT2D eigenvalue weighted by atomic mass is 10.1. The van der Waals surface area contributed by atoms with Crippen LogP contribution in [0, 0.1) is 0 Å². The molecule has 9 heteroatoms. The van der Waals surface area contributed by atoms with Crippen molar-refractivity contribution < 1.29 is 16.8 Å². The Hall–Kier alpha value is -2.20. The summed E-state index contributed by atoms with van der Waals surface area (Å²) in [6, 6.07) is 14.3. The highest BCUT2D eigenvalue weighted by molar-refractivity contribution is 7.90. The molecule has 0 aromatic heterocycles. The minimum absolute atomic E-state index is 0.0334. The molecule has 152 valence electrons. The zero-order chi connectivity index (χ0) is 20.9. The molecular weight excluding hydrogens is 398 g/mol. The number of anilines is 1. The molecule has 0 atom stereocenters. The molecule has 0 radical (unpaired) electrons. The van der Waals surface area contributed by atoms with Gasteiger partial charge in [-0.1, -0.05) is 48.6 Å². The van der Waals surface area contributed by atoms with Crippen LogP contribution in [0.15, 0.2) is 48.5 Å². The first-order chi connectivity index (χ1) is 13.0.